The quantitative estimate of drug-likeness (QED) is 0.167. The monoisotopic (exact) mass is 488 g/mol. The van der Waals surface area contributed by atoms with Crippen LogP contribution in [0.3, 0.4) is 0 Å². The lowest BCUT2D eigenvalue weighted by atomic mass is 10.1. The molecule has 9 heteroatoms. The van der Waals surface area contributed by atoms with Crippen molar-refractivity contribution in [3.05, 3.63) is 93.8 Å². The van der Waals surface area contributed by atoms with Gasteiger partial charge in [0.15, 0.2) is 22.4 Å². The topological polar surface area (TPSA) is 96.7 Å². The van der Waals surface area contributed by atoms with E-state index < -0.39 is 5.97 Å². The molecule has 0 radical (unpaired) electrons. The van der Waals surface area contributed by atoms with Crippen molar-refractivity contribution in [2.24, 2.45) is 0 Å². The van der Waals surface area contributed by atoms with Crippen molar-refractivity contribution in [2.75, 3.05) is 19.7 Å². The standard InChI is InChI=1S/C26H20N2O6S/c1-32-25(31)18-8-9-19-20(12-18)27-26(35-14-21(29)17-5-3-2-4-6-17)28(24(19)30)13-16-7-10-22-23(11-16)34-15-33-22/h2-12H,13-15H2,1H3. The summed E-state index contributed by atoms with van der Waals surface area (Å²) in [7, 11) is 1.29. The number of esters is 1. The first-order chi connectivity index (χ1) is 17.0. The van der Waals surface area contributed by atoms with Crippen molar-refractivity contribution < 1.29 is 23.8 Å². The van der Waals surface area contributed by atoms with Gasteiger partial charge in [0.1, 0.15) is 0 Å². The molecule has 2 heterocycles. The van der Waals surface area contributed by atoms with E-state index >= 15 is 0 Å². The van der Waals surface area contributed by atoms with E-state index in [1.54, 1.807) is 36.4 Å². The third kappa shape index (κ3) is 4.63. The Balaban J connectivity index is 1.54. The molecule has 0 saturated heterocycles. The number of hydrogen-bond acceptors (Lipinski definition) is 8. The van der Waals surface area contributed by atoms with Crippen LogP contribution in [0.4, 0.5) is 0 Å². The van der Waals surface area contributed by atoms with E-state index in [0.717, 1.165) is 5.56 Å². The van der Waals surface area contributed by atoms with E-state index in [1.165, 1.54) is 35.6 Å². The highest BCUT2D eigenvalue weighted by molar-refractivity contribution is 7.99. The van der Waals surface area contributed by atoms with Gasteiger partial charge in [-0.3, -0.25) is 14.2 Å². The largest absolute Gasteiger partial charge is 0.465 e. The fourth-order valence-electron chi connectivity index (χ4n) is 3.75. The number of carbonyl (C=O) groups excluding carboxylic acids is 2. The Kier molecular flexibility index (Phi) is 6.24. The molecule has 1 aliphatic heterocycles. The highest BCUT2D eigenvalue weighted by Crippen LogP contribution is 2.33. The molecule has 176 valence electrons. The molecule has 1 aliphatic rings. The van der Waals surface area contributed by atoms with Gasteiger partial charge in [0.05, 0.1) is 35.9 Å². The molecule has 0 spiro atoms. The number of aromatic nitrogens is 2. The fraction of sp³-hybridized carbons (Fsp3) is 0.154. The normalized spacial score (nSPS) is 12.0. The maximum absolute atomic E-state index is 13.5. The molecule has 8 nitrogen and oxygen atoms in total. The van der Waals surface area contributed by atoms with Gasteiger partial charge < -0.3 is 14.2 Å². The van der Waals surface area contributed by atoms with Gasteiger partial charge in [-0.15, -0.1) is 0 Å². The van der Waals surface area contributed by atoms with E-state index in [1.807, 2.05) is 18.2 Å². The minimum absolute atomic E-state index is 0.0807. The Morgan fingerprint density at radius 3 is 2.60 bits per heavy atom. The van der Waals surface area contributed by atoms with Gasteiger partial charge in [0.2, 0.25) is 6.79 Å². The number of Topliss-reactive ketones (excluding diaryl/α,β-unsaturated/α-hetero) is 1. The molecule has 0 atom stereocenters. The number of fused-ring (bicyclic) bond motifs is 2. The van der Waals surface area contributed by atoms with Crippen molar-refractivity contribution in [1.29, 1.82) is 0 Å². The lowest BCUT2D eigenvalue weighted by Gasteiger charge is -2.14. The third-order valence-corrected chi connectivity index (χ3v) is 6.52. The van der Waals surface area contributed by atoms with Crippen molar-refractivity contribution in [2.45, 2.75) is 11.7 Å². The Labute approximate surface area is 204 Å². The second-order valence-corrected chi connectivity index (χ2v) is 8.72. The van der Waals surface area contributed by atoms with Crippen LogP contribution in [-0.4, -0.2) is 41.0 Å². The van der Waals surface area contributed by atoms with Gasteiger partial charge in [-0.05, 0) is 35.9 Å². The summed E-state index contributed by atoms with van der Waals surface area (Å²) in [5, 5.41) is 0.726. The number of thioether (sulfide) groups is 1. The first-order valence-electron chi connectivity index (χ1n) is 10.8. The molecule has 0 saturated carbocycles. The van der Waals surface area contributed by atoms with Gasteiger partial charge in [-0.1, -0.05) is 48.2 Å². The summed E-state index contributed by atoms with van der Waals surface area (Å²) in [6.07, 6.45) is 0. The molecular weight excluding hydrogens is 468 g/mol. The molecule has 4 aromatic rings. The Morgan fingerprint density at radius 1 is 1.00 bits per heavy atom. The zero-order chi connectivity index (χ0) is 24.4. The zero-order valence-corrected chi connectivity index (χ0v) is 19.5. The Morgan fingerprint density at radius 2 is 1.80 bits per heavy atom. The molecule has 0 bridgehead atoms. The van der Waals surface area contributed by atoms with Gasteiger partial charge in [-0.2, -0.15) is 0 Å². The van der Waals surface area contributed by atoms with Crippen LogP contribution in [0.1, 0.15) is 26.3 Å². The molecule has 1 aromatic heterocycles. The first-order valence-corrected chi connectivity index (χ1v) is 11.7. The average Bonchev–Trinajstić information content (AvgIpc) is 3.37. The summed E-state index contributed by atoms with van der Waals surface area (Å²) in [6, 6.07) is 19.0. The highest BCUT2D eigenvalue weighted by atomic mass is 32.2. The summed E-state index contributed by atoms with van der Waals surface area (Å²) in [5.74, 6) is 0.756. The minimum Gasteiger partial charge on any atom is -0.465 e. The van der Waals surface area contributed by atoms with Crippen LogP contribution in [0.15, 0.2) is 76.7 Å². The second-order valence-electron chi connectivity index (χ2n) is 7.77. The van der Waals surface area contributed by atoms with Crippen molar-refractivity contribution >= 4 is 34.4 Å². The maximum Gasteiger partial charge on any atom is 0.337 e. The summed E-state index contributed by atoms with van der Waals surface area (Å²) in [4.78, 5) is 42.9. The number of rotatable bonds is 7. The predicted octanol–water partition coefficient (Wildman–Crippen LogP) is 3.94. The number of ether oxygens (including phenoxy) is 3. The van der Waals surface area contributed by atoms with E-state index in [4.69, 9.17) is 14.2 Å². The molecule has 0 unspecified atom stereocenters. The molecule has 0 fully saturated rings. The van der Waals surface area contributed by atoms with Crippen molar-refractivity contribution in [1.82, 2.24) is 9.55 Å². The fourth-order valence-corrected chi connectivity index (χ4v) is 4.65. The van der Waals surface area contributed by atoms with E-state index in [9.17, 15) is 14.4 Å². The Bertz CT molecular complexity index is 1500. The summed E-state index contributed by atoms with van der Waals surface area (Å²) >= 11 is 1.17. The van der Waals surface area contributed by atoms with E-state index in [0.29, 0.717) is 33.1 Å². The number of methoxy groups -OCH3 is 1. The Hall–Kier alpha value is -4.11. The zero-order valence-electron chi connectivity index (χ0n) is 18.7. The molecular formula is C26H20N2O6S. The summed E-state index contributed by atoms with van der Waals surface area (Å²) in [6.45, 7) is 0.376. The number of benzene rings is 3. The third-order valence-electron chi connectivity index (χ3n) is 5.55. The van der Waals surface area contributed by atoms with Gasteiger partial charge in [0.25, 0.3) is 5.56 Å². The van der Waals surface area contributed by atoms with Crippen molar-refractivity contribution in [3.63, 3.8) is 0 Å². The van der Waals surface area contributed by atoms with E-state index in [-0.39, 0.29) is 36.0 Å². The van der Waals surface area contributed by atoms with Crippen molar-refractivity contribution in [3.8, 4) is 11.5 Å². The average molecular weight is 489 g/mol. The summed E-state index contributed by atoms with van der Waals surface area (Å²) in [5.41, 5.74) is 1.77. The lowest BCUT2D eigenvalue weighted by molar-refractivity contribution is 0.0600. The van der Waals surface area contributed by atoms with E-state index in [2.05, 4.69) is 4.98 Å². The molecule has 3 aromatic carbocycles. The van der Waals surface area contributed by atoms with Crippen LogP contribution in [-0.2, 0) is 11.3 Å². The van der Waals surface area contributed by atoms with Crippen LogP contribution in [0.5, 0.6) is 11.5 Å². The van der Waals surface area contributed by atoms with Crippen LogP contribution in [0.25, 0.3) is 10.9 Å². The first kappa shape index (κ1) is 22.7. The number of carbonyl (C=O) groups is 2. The minimum atomic E-state index is -0.522. The van der Waals surface area contributed by atoms with Crippen LogP contribution in [0.2, 0.25) is 0 Å². The molecule has 35 heavy (non-hydrogen) atoms. The van der Waals surface area contributed by atoms with Crippen LogP contribution in [0, 0.1) is 0 Å². The second kappa shape index (κ2) is 9.63. The summed E-state index contributed by atoms with van der Waals surface area (Å²) < 4.78 is 17.2. The smallest absolute Gasteiger partial charge is 0.337 e. The molecule has 0 N–H and O–H groups in total. The lowest BCUT2D eigenvalue weighted by Crippen LogP contribution is -2.24. The molecule has 5 rings (SSSR count). The molecule has 0 aliphatic carbocycles. The van der Waals surface area contributed by atoms with Gasteiger partial charge >= 0.3 is 5.97 Å². The van der Waals surface area contributed by atoms with Crippen LogP contribution < -0.4 is 15.0 Å². The van der Waals surface area contributed by atoms with Crippen LogP contribution >= 0.6 is 11.8 Å². The van der Waals surface area contributed by atoms with Gasteiger partial charge in [-0.25, -0.2) is 9.78 Å². The maximum atomic E-state index is 13.5. The predicted molar refractivity (Wildman–Crippen MR) is 131 cm³/mol. The van der Waals surface area contributed by atoms with Gasteiger partial charge in [0, 0.05) is 5.56 Å². The number of nitrogens with zero attached hydrogens (tertiary/aromatic N) is 2. The highest BCUT2D eigenvalue weighted by Gasteiger charge is 2.18. The molecule has 0 amide bonds. The SMILES string of the molecule is COC(=O)c1ccc2c(=O)n(Cc3ccc4c(c3)OCO4)c(SCC(=O)c3ccccc3)nc2c1. The number of hydrogen-bond donors (Lipinski definition) is 0. The number of ketones is 1.